The van der Waals surface area contributed by atoms with Gasteiger partial charge < -0.3 is 15.2 Å². The molecule has 3 atom stereocenters. The molecule has 2 rings (SSSR count). The number of ether oxygens (including phenoxy) is 1. The maximum Gasteiger partial charge on any atom is 0.332 e. The second-order valence-electron chi connectivity index (χ2n) is 3.50. The van der Waals surface area contributed by atoms with Crippen molar-refractivity contribution in [3.63, 3.8) is 0 Å². The zero-order chi connectivity index (χ0) is 8.55. The van der Waals surface area contributed by atoms with E-state index in [4.69, 9.17) is 9.84 Å². The number of aliphatic carboxylic acids is 1. The Kier molecular flexibility index (Phi) is 3.53. The number of carboxylic acids is 1. The molecule has 76 valence electrons. The lowest BCUT2D eigenvalue weighted by molar-refractivity contribution is -0.160. The van der Waals surface area contributed by atoms with Crippen LogP contribution in [0.5, 0.6) is 0 Å². The predicted octanol–water partition coefficient (Wildman–Crippen LogP) is 0.260. The zero-order valence-electron chi connectivity index (χ0n) is 7.23. The van der Waals surface area contributed by atoms with Crippen molar-refractivity contribution < 1.29 is 14.6 Å². The molecule has 2 saturated heterocycles. The van der Waals surface area contributed by atoms with Crippen molar-refractivity contribution in [2.24, 2.45) is 5.92 Å². The van der Waals surface area contributed by atoms with Gasteiger partial charge in [0.25, 0.3) is 0 Å². The monoisotopic (exact) mass is 207 g/mol. The highest BCUT2D eigenvalue weighted by atomic mass is 35.5. The van der Waals surface area contributed by atoms with Gasteiger partial charge in [0.1, 0.15) is 0 Å². The van der Waals surface area contributed by atoms with Crippen LogP contribution in [-0.4, -0.2) is 36.4 Å². The molecule has 0 spiro atoms. The fourth-order valence-corrected chi connectivity index (χ4v) is 1.98. The van der Waals surface area contributed by atoms with E-state index in [0.29, 0.717) is 12.3 Å². The number of halogens is 1. The highest BCUT2D eigenvalue weighted by molar-refractivity contribution is 5.85. The smallest absolute Gasteiger partial charge is 0.332 e. The van der Waals surface area contributed by atoms with Crippen molar-refractivity contribution in [2.45, 2.75) is 25.0 Å². The first-order valence-electron chi connectivity index (χ1n) is 4.36. The van der Waals surface area contributed by atoms with Crippen molar-refractivity contribution in [2.75, 3.05) is 13.1 Å². The minimum absolute atomic E-state index is 0. The van der Waals surface area contributed by atoms with Gasteiger partial charge in [-0.05, 0) is 18.8 Å². The number of carboxylic acid groups (broad SMARTS) is 1. The van der Waals surface area contributed by atoms with Crippen molar-refractivity contribution >= 4 is 18.4 Å². The number of hydrogen-bond donors (Lipinski definition) is 2. The van der Waals surface area contributed by atoms with Crippen LogP contribution in [0.25, 0.3) is 0 Å². The van der Waals surface area contributed by atoms with Crippen LogP contribution in [0.15, 0.2) is 0 Å². The molecule has 13 heavy (non-hydrogen) atoms. The third kappa shape index (κ3) is 2.13. The van der Waals surface area contributed by atoms with Gasteiger partial charge in [-0.15, -0.1) is 12.4 Å². The highest BCUT2D eigenvalue weighted by Crippen LogP contribution is 2.27. The van der Waals surface area contributed by atoms with Crippen LogP contribution in [0.4, 0.5) is 0 Å². The van der Waals surface area contributed by atoms with E-state index in [0.717, 1.165) is 19.5 Å². The Morgan fingerprint density at radius 1 is 1.38 bits per heavy atom. The normalized spacial score (nSPS) is 37.7. The zero-order valence-corrected chi connectivity index (χ0v) is 8.05. The second-order valence-corrected chi connectivity index (χ2v) is 3.50. The largest absolute Gasteiger partial charge is 0.479 e. The van der Waals surface area contributed by atoms with Crippen molar-refractivity contribution in [1.82, 2.24) is 5.32 Å². The molecular formula is C8H14ClNO3. The molecule has 2 aliphatic heterocycles. The van der Waals surface area contributed by atoms with E-state index in [1.165, 1.54) is 0 Å². The summed E-state index contributed by atoms with van der Waals surface area (Å²) in [7, 11) is 0. The van der Waals surface area contributed by atoms with Crippen LogP contribution in [0.3, 0.4) is 0 Å². The molecule has 4 nitrogen and oxygen atoms in total. The Hall–Kier alpha value is -0.320. The molecule has 2 heterocycles. The Balaban J connectivity index is 0.000000845. The fraction of sp³-hybridized carbons (Fsp3) is 0.875. The summed E-state index contributed by atoms with van der Waals surface area (Å²) in [6.07, 6.45) is 1.22. The molecular weight excluding hydrogens is 194 g/mol. The van der Waals surface area contributed by atoms with Crippen molar-refractivity contribution in [3.05, 3.63) is 0 Å². The number of rotatable bonds is 1. The lowest BCUT2D eigenvalue weighted by atomic mass is 9.94. The second kappa shape index (κ2) is 4.26. The van der Waals surface area contributed by atoms with Crippen LogP contribution >= 0.6 is 12.4 Å². The Morgan fingerprint density at radius 3 is 2.85 bits per heavy atom. The quantitative estimate of drug-likeness (QED) is 0.648. The van der Waals surface area contributed by atoms with Crippen molar-refractivity contribution in [3.8, 4) is 0 Å². The van der Waals surface area contributed by atoms with Crippen LogP contribution in [0.2, 0.25) is 0 Å². The van der Waals surface area contributed by atoms with Crippen LogP contribution in [0, 0.1) is 5.92 Å². The van der Waals surface area contributed by atoms with Gasteiger partial charge in [0, 0.05) is 13.1 Å². The van der Waals surface area contributed by atoms with E-state index in [1.54, 1.807) is 0 Å². The van der Waals surface area contributed by atoms with Gasteiger partial charge in [-0.25, -0.2) is 4.79 Å². The molecule has 5 heteroatoms. The first-order valence-corrected chi connectivity index (χ1v) is 4.36. The van der Waals surface area contributed by atoms with Gasteiger partial charge in [-0.2, -0.15) is 0 Å². The van der Waals surface area contributed by atoms with E-state index >= 15 is 0 Å². The average molecular weight is 208 g/mol. The molecule has 0 aromatic heterocycles. The van der Waals surface area contributed by atoms with E-state index < -0.39 is 12.1 Å². The Bertz CT molecular complexity index is 200. The summed E-state index contributed by atoms with van der Waals surface area (Å²) < 4.78 is 5.41. The summed E-state index contributed by atoms with van der Waals surface area (Å²) in [6.45, 7) is 1.80. The molecule has 0 saturated carbocycles. The number of fused-ring (bicyclic) bond motifs is 1. The van der Waals surface area contributed by atoms with Gasteiger partial charge in [-0.1, -0.05) is 0 Å². The molecule has 2 aliphatic rings. The molecule has 0 amide bonds. The standard InChI is InChI=1S/C8H13NO3.ClH/c10-8(11)6-2-1-5-3-9-4-7(5)12-6;/h5-7,9H,1-4H2,(H,10,11);1H. The summed E-state index contributed by atoms with van der Waals surface area (Å²) in [5.74, 6) is -0.277. The van der Waals surface area contributed by atoms with Gasteiger partial charge >= 0.3 is 5.97 Å². The average Bonchev–Trinajstić information content (AvgIpc) is 2.49. The number of hydrogen-bond acceptors (Lipinski definition) is 3. The number of carbonyl (C=O) groups is 1. The summed E-state index contributed by atoms with van der Waals surface area (Å²) in [5.41, 5.74) is 0. The summed E-state index contributed by atoms with van der Waals surface area (Å²) >= 11 is 0. The molecule has 2 fully saturated rings. The lowest BCUT2D eigenvalue weighted by Crippen LogP contribution is -2.38. The van der Waals surface area contributed by atoms with Gasteiger partial charge in [0.15, 0.2) is 6.10 Å². The summed E-state index contributed by atoms with van der Waals surface area (Å²) in [5, 5.41) is 11.9. The van der Waals surface area contributed by atoms with Crippen LogP contribution in [-0.2, 0) is 9.53 Å². The Morgan fingerprint density at radius 2 is 2.15 bits per heavy atom. The first kappa shape index (κ1) is 10.8. The topological polar surface area (TPSA) is 58.6 Å². The van der Waals surface area contributed by atoms with Gasteiger partial charge in [0.2, 0.25) is 0 Å². The summed E-state index contributed by atoms with van der Waals surface area (Å²) in [4.78, 5) is 10.6. The third-order valence-electron chi connectivity index (χ3n) is 2.69. The predicted molar refractivity (Wildman–Crippen MR) is 49.1 cm³/mol. The molecule has 3 unspecified atom stereocenters. The highest BCUT2D eigenvalue weighted by Gasteiger charge is 2.37. The third-order valence-corrected chi connectivity index (χ3v) is 2.69. The van der Waals surface area contributed by atoms with E-state index in [-0.39, 0.29) is 18.5 Å². The minimum Gasteiger partial charge on any atom is -0.479 e. The summed E-state index contributed by atoms with van der Waals surface area (Å²) in [6, 6.07) is 0. The van der Waals surface area contributed by atoms with E-state index in [9.17, 15) is 4.79 Å². The van der Waals surface area contributed by atoms with Crippen LogP contribution < -0.4 is 5.32 Å². The van der Waals surface area contributed by atoms with Crippen LogP contribution in [0.1, 0.15) is 12.8 Å². The van der Waals surface area contributed by atoms with Gasteiger partial charge in [-0.3, -0.25) is 0 Å². The SMILES string of the molecule is Cl.O=C(O)C1CCC2CNCC2O1. The number of nitrogens with one attached hydrogen (secondary N) is 1. The molecule has 0 aliphatic carbocycles. The fourth-order valence-electron chi connectivity index (χ4n) is 1.98. The van der Waals surface area contributed by atoms with Crippen molar-refractivity contribution in [1.29, 1.82) is 0 Å². The maximum absolute atomic E-state index is 10.6. The molecule has 0 radical (unpaired) electrons. The van der Waals surface area contributed by atoms with Gasteiger partial charge in [0.05, 0.1) is 6.10 Å². The molecule has 2 N–H and O–H groups in total. The Labute approximate surface area is 83.1 Å². The van der Waals surface area contributed by atoms with E-state index in [1.807, 2.05) is 0 Å². The molecule has 0 bridgehead atoms. The first-order chi connectivity index (χ1) is 5.77. The molecule has 0 aromatic rings. The minimum atomic E-state index is -0.819. The molecule has 0 aromatic carbocycles. The maximum atomic E-state index is 10.6. The lowest BCUT2D eigenvalue weighted by Gasteiger charge is -2.29. The van der Waals surface area contributed by atoms with E-state index in [2.05, 4.69) is 5.32 Å².